The lowest BCUT2D eigenvalue weighted by molar-refractivity contribution is -0.116. The minimum absolute atomic E-state index is 0.166. The van der Waals surface area contributed by atoms with E-state index < -0.39 is 0 Å². The van der Waals surface area contributed by atoms with Crippen LogP contribution in [0.4, 0.5) is 0 Å². The highest BCUT2D eigenvalue weighted by molar-refractivity contribution is 5.96. The van der Waals surface area contributed by atoms with E-state index in [-0.39, 0.29) is 11.4 Å². The normalized spacial score (nSPS) is 23.2. The summed E-state index contributed by atoms with van der Waals surface area (Å²) in [6, 6.07) is 0. The molecule has 96 valence electrons. The van der Waals surface area contributed by atoms with Crippen molar-refractivity contribution in [3.63, 3.8) is 0 Å². The number of hydrogen-bond acceptors (Lipinski definition) is 4. The summed E-state index contributed by atoms with van der Waals surface area (Å²) in [6.07, 6.45) is 1.81. The number of ketones is 1. The first kappa shape index (κ1) is 12.6. The minimum atomic E-state index is -0.310. The van der Waals surface area contributed by atoms with E-state index in [4.69, 9.17) is 4.74 Å². The van der Waals surface area contributed by atoms with Crippen LogP contribution in [0.3, 0.4) is 0 Å². The van der Waals surface area contributed by atoms with Gasteiger partial charge in [-0.2, -0.15) is 0 Å². The van der Waals surface area contributed by atoms with Crippen molar-refractivity contribution >= 4 is 5.78 Å². The van der Waals surface area contributed by atoms with Gasteiger partial charge in [-0.05, 0) is 39.8 Å². The average Bonchev–Trinajstić information content (AvgIpc) is 2.68. The van der Waals surface area contributed by atoms with Crippen molar-refractivity contribution in [1.29, 1.82) is 0 Å². The number of piperidine rings is 1. The highest BCUT2D eigenvalue weighted by Gasteiger charge is 2.45. The van der Waals surface area contributed by atoms with Crippen molar-refractivity contribution < 1.29 is 9.53 Å². The summed E-state index contributed by atoms with van der Waals surface area (Å²) >= 11 is 0. The molecular formula is C13H22N2O2. The van der Waals surface area contributed by atoms with Crippen LogP contribution >= 0.6 is 0 Å². The molecule has 17 heavy (non-hydrogen) atoms. The lowest BCUT2D eigenvalue weighted by atomic mass is 9.83. The van der Waals surface area contributed by atoms with E-state index in [2.05, 4.69) is 17.1 Å². The molecule has 0 atom stereocenters. The van der Waals surface area contributed by atoms with E-state index in [0.717, 1.165) is 43.7 Å². The van der Waals surface area contributed by atoms with E-state index in [9.17, 15) is 4.79 Å². The number of nitrogens with zero attached hydrogens (tertiary/aromatic N) is 1. The Morgan fingerprint density at radius 2 is 2.12 bits per heavy atom. The Kier molecular flexibility index (Phi) is 3.54. The molecule has 0 aromatic rings. The van der Waals surface area contributed by atoms with Gasteiger partial charge >= 0.3 is 0 Å². The van der Waals surface area contributed by atoms with E-state index in [1.54, 1.807) is 6.92 Å². The maximum atomic E-state index is 12.0. The molecule has 2 aliphatic heterocycles. The van der Waals surface area contributed by atoms with Crippen LogP contribution in [0.2, 0.25) is 0 Å². The first-order chi connectivity index (χ1) is 8.10. The monoisotopic (exact) mass is 238 g/mol. The largest absolute Gasteiger partial charge is 0.376 e. The molecule has 1 fully saturated rings. The van der Waals surface area contributed by atoms with Gasteiger partial charge in [-0.25, -0.2) is 0 Å². The first-order valence-electron chi connectivity index (χ1n) is 6.41. The molecule has 1 saturated heterocycles. The van der Waals surface area contributed by atoms with Crippen LogP contribution in [0.5, 0.6) is 0 Å². The molecule has 0 aliphatic carbocycles. The Morgan fingerprint density at radius 1 is 1.47 bits per heavy atom. The second-order valence-electron chi connectivity index (χ2n) is 4.93. The molecule has 0 bridgehead atoms. The van der Waals surface area contributed by atoms with Crippen LogP contribution in [0.25, 0.3) is 0 Å². The fourth-order valence-corrected chi connectivity index (χ4v) is 2.85. The van der Waals surface area contributed by atoms with Crippen molar-refractivity contribution in [2.75, 3.05) is 33.3 Å². The Balaban J connectivity index is 2.36. The number of rotatable bonds is 3. The van der Waals surface area contributed by atoms with Crippen molar-refractivity contribution in [3.8, 4) is 0 Å². The van der Waals surface area contributed by atoms with Gasteiger partial charge < -0.3 is 15.0 Å². The van der Waals surface area contributed by atoms with Crippen molar-refractivity contribution in [2.45, 2.75) is 32.3 Å². The quantitative estimate of drug-likeness (QED) is 0.794. The third kappa shape index (κ3) is 2.11. The van der Waals surface area contributed by atoms with Gasteiger partial charge in [0, 0.05) is 24.9 Å². The van der Waals surface area contributed by atoms with Gasteiger partial charge in [0.2, 0.25) is 0 Å². The summed E-state index contributed by atoms with van der Waals surface area (Å²) in [5.74, 6) is 0.166. The molecule has 0 aromatic carbocycles. The van der Waals surface area contributed by atoms with Gasteiger partial charge in [0.25, 0.3) is 0 Å². The smallest absolute Gasteiger partial charge is 0.160 e. The van der Waals surface area contributed by atoms with Crippen LogP contribution in [0.15, 0.2) is 11.3 Å². The molecule has 1 spiro atoms. The summed E-state index contributed by atoms with van der Waals surface area (Å²) in [5.41, 5.74) is 1.70. The second-order valence-corrected chi connectivity index (χ2v) is 4.93. The number of likely N-dealkylation sites (N-methyl/N-ethyl adjacent to an activating group) is 1. The summed E-state index contributed by atoms with van der Waals surface area (Å²) in [6.45, 7) is 7.11. The Labute approximate surface area is 103 Å². The van der Waals surface area contributed by atoms with Gasteiger partial charge in [0.15, 0.2) is 5.78 Å². The van der Waals surface area contributed by atoms with Crippen molar-refractivity contribution in [2.24, 2.45) is 0 Å². The molecule has 2 heterocycles. The van der Waals surface area contributed by atoms with Crippen molar-refractivity contribution in [3.05, 3.63) is 11.3 Å². The van der Waals surface area contributed by atoms with Crippen molar-refractivity contribution in [1.82, 2.24) is 10.2 Å². The van der Waals surface area contributed by atoms with Gasteiger partial charge in [-0.3, -0.25) is 4.79 Å². The van der Waals surface area contributed by atoms with Gasteiger partial charge in [-0.15, -0.1) is 0 Å². The molecule has 0 aromatic heterocycles. The van der Waals surface area contributed by atoms with Crippen LogP contribution in [0, 0.1) is 0 Å². The number of ether oxygens (including phenoxy) is 1. The zero-order chi connectivity index (χ0) is 12.5. The Hall–Kier alpha value is -0.870. The number of nitrogens with one attached hydrogen (secondary N) is 1. The zero-order valence-corrected chi connectivity index (χ0v) is 11.0. The third-order valence-corrected chi connectivity index (χ3v) is 3.93. The Morgan fingerprint density at radius 3 is 2.65 bits per heavy atom. The first-order valence-corrected chi connectivity index (χ1v) is 6.41. The highest BCUT2D eigenvalue weighted by atomic mass is 16.5. The van der Waals surface area contributed by atoms with E-state index in [1.165, 1.54) is 0 Å². The van der Waals surface area contributed by atoms with Gasteiger partial charge in [-0.1, -0.05) is 0 Å². The van der Waals surface area contributed by atoms with Crippen LogP contribution < -0.4 is 5.32 Å². The topological polar surface area (TPSA) is 41.6 Å². The highest BCUT2D eigenvalue weighted by Crippen LogP contribution is 2.39. The van der Waals surface area contributed by atoms with E-state index in [0.29, 0.717) is 6.61 Å². The standard InChI is InChI=1S/C13H22N2O2/c1-4-15(3)11-9-17-13(12(11)10(2)16)5-7-14-8-6-13/h14H,4-9H2,1-3H3. The fraction of sp³-hybridized carbons (Fsp3) is 0.769. The Bertz CT molecular complexity index is 343. The number of hydrogen-bond donors (Lipinski definition) is 1. The molecule has 0 saturated carbocycles. The fourth-order valence-electron chi connectivity index (χ4n) is 2.85. The SMILES string of the molecule is CCN(C)C1=C(C(C)=O)C2(CCNCC2)OC1. The number of Topliss-reactive ketones (excluding diaryl/α,β-unsaturated/α-hetero) is 1. The number of carbonyl (C=O) groups excluding carboxylic acids is 1. The molecule has 1 N–H and O–H groups in total. The summed E-state index contributed by atoms with van der Waals surface area (Å²) in [7, 11) is 2.03. The van der Waals surface area contributed by atoms with Gasteiger partial charge in [0.1, 0.15) is 5.60 Å². The zero-order valence-electron chi connectivity index (χ0n) is 11.0. The predicted molar refractivity (Wildman–Crippen MR) is 66.8 cm³/mol. The lowest BCUT2D eigenvalue weighted by Crippen LogP contribution is -2.44. The molecule has 0 radical (unpaired) electrons. The molecular weight excluding hydrogens is 216 g/mol. The molecule has 0 amide bonds. The molecule has 2 rings (SSSR count). The van der Waals surface area contributed by atoms with Gasteiger partial charge in [0.05, 0.1) is 6.61 Å². The average molecular weight is 238 g/mol. The molecule has 0 unspecified atom stereocenters. The summed E-state index contributed by atoms with van der Waals surface area (Å²) in [4.78, 5) is 14.1. The van der Waals surface area contributed by atoms with Crippen LogP contribution in [0.1, 0.15) is 26.7 Å². The van der Waals surface area contributed by atoms with E-state index >= 15 is 0 Å². The maximum absolute atomic E-state index is 12.0. The molecule has 4 nitrogen and oxygen atoms in total. The van der Waals surface area contributed by atoms with Crippen LogP contribution in [-0.4, -0.2) is 49.6 Å². The van der Waals surface area contributed by atoms with Crippen LogP contribution in [-0.2, 0) is 9.53 Å². The summed E-state index contributed by atoms with van der Waals surface area (Å²) < 4.78 is 6.01. The summed E-state index contributed by atoms with van der Waals surface area (Å²) in [5, 5.41) is 3.33. The molecule has 4 heteroatoms. The number of carbonyl (C=O) groups is 1. The maximum Gasteiger partial charge on any atom is 0.160 e. The van der Waals surface area contributed by atoms with E-state index in [1.807, 2.05) is 7.05 Å². The molecule has 2 aliphatic rings. The lowest BCUT2D eigenvalue weighted by Gasteiger charge is -2.34. The minimum Gasteiger partial charge on any atom is -0.376 e. The second kappa shape index (κ2) is 4.78. The third-order valence-electron chi connectivity index (χ3n) is 3.93. The predicted octanol–water partition coefficient (Wildman–Crippen LogP) is 0.934.